The second-order valence-electron chi connectivity index (χ2n) is 3.61. The molecule has 0 radical (unpaired) electrons. The molecule has 2 N–H and O–H groups in total. The molecule has 88 valence electrons. The molecule has 1 atom stereocenters. The first-order chi connectivity index (χ1) is 8.16. The number of aromatic nitrogens is 1. The lowest BCUT2D eigenvalue weighted by molar-refractivity contribution is -0.138. The van der Waals surface area contributed by atoms with Crippen molar-refractivity contribution in [2.24, 2.45) is 0 Å². The van der Waals surface area contributed by atoms with Crippen LogP contribution < -0.4 is 5.32 Å². The number of hydrogen-bond donors (Lipinski definition) is 2. The van der Waals surface area contributed by atoms with Crippen molar-refractivity contribution in [3.8, 4) is 0 Å². The summed E-state index contributed by atoms with van der Waals surface area (Å²) in [6, 6.07) is 8.46. The number of nitrogens with zero attached hydrogens (tertiary/aromatic N) is 1. The maximum Gasteiger partial charge on any atom is 0.333 e. The molecule has 2 rings (SSSR count). The Morgan fingerprint density at radius 2 is 2.12 bits per heavy atom. The molecule has 0 aliphatic rings. The number of nitrogens with one attached hydrogen (secondary N) is 1. The molecule has 4 nitrogen and oxygen atoms in total. The Kier molecular flexibility index (Phi) is 3.39. The minimum Gasteiger partial charge on any atom is -0.479 e. The number of para-hydroxylation sites is 1. The maximum atomic E-state index is 11.2. The van der Waals surface area contributed by atoms with Crippen LogP contribution in [0.1, 0.15) is 16.7 Å². The second kappa shape index (κ2) is 4.97. The molecule has 1 aromatic heterocycles. The summed E-state index contributed by atoms with van der Waals surface area (Å²) in [6.07, 6.45) is 0. The first kappa shape index (κ1) is 11.6. The van der Waals surface area contributed by atoms with Crippen LogP contribution in [0.5, 0.6) is 0 Å². The van der Waals surface area contributed by atoms with Gasteiger partial charge in [-0.2, -0.15) is 0 Å². The van der Waals surface area contributed by atoms with Crippen LogP contribution >= 0.6 is 11.3 Å². The number of benzene rings is 1. The molecule has 1 unspecified atom stereocenters. The van der Waals surface area contributed by atoms with Crippen LogP contribution in [0.2, 0.25) is 0 Å². The van der Waals surface area contributed by atoms with Crippen LogP contribution in [-0.4, -0.2) is 16.1 Å². The smallest absolute Gasteiger partial charge is 0.333 e. The van der Waals surface area contributed by atoms with Crippen LogP contribution in [0.25, 0.3) is 0 Å². The van der Waals surface area contributed by atoms with E-state index in [2.05, 4.69) is 10.3 Å². The Morgan fingerprint density at radius 3 is 2.65 bits per heavy atom. The van der Waals surface area contributed by atoms with Gasteiger partial charge in [0, 0.05) is 16.8 Å². The zero-order valence-corrected chi connectivity index (χ0v) is 10.1. The largest absolute Gasteiger partial charge is 0.479 e. The van der Waals surface area contributed by atoms with Crippen molar-refractivity contribution in [2.75, 3.05) is 5.32 Å². The van der Waals surface area contributed by atoms with Crippen LogP contribution in [-0.2, 0) is 4.79 Å². The summed E-state index contributed by atoms with van der Waals surface area (Å²) in [5.74, 6) is -0.928. The van der Waals surface area contributed by atoms with Crippen LogP contribution in [0.3, 0.4) is 0 Å². The molecule has 0 saturated carbocycles. The number of carboxylic acids is 1. The summed E-state index contributed by atoms with van der Waals surface area (Å²) in [5.41, 5.74) is 1.61. The Morgan fingerprint density at radius 1 is 1.41 bits per heavy atom. The molecule has 17 heavy (non-hydrogen) atoms. The highest BCUT2D eigenvalue weighted by Crippen LogP contribution is 2.22. The average Bonchev–Trinajstić information content (AvgIpc) is 2.73. The first-order valence-electron chi connectivity index (χ1n) is 5.13. The molecule has 0 spiro atoms. The van der Waals surface area contributed by atoms with Gasteiger partial charge in [-0.1, -0.05) is 18.2 Å². The summed E-state index contributed by atoms with van der Waals surface area (Å²) in [7, 11) is 0. The second-order valence-corrected chi connectivity index (χ2v) is 4.50. The Bertz CT molecular complexity index is 510. The van der Waals surface area contributed by atoms with E-state index in [1.807, 2.05) is 42.6 Å². The molecule has 0 aliphatic heterocycles. The van der Waals surface area contributed by atoms with Gasteiger partial charge in [0.1, 0.15) is 5.01 Å². The topological polar surface area (TPSA) is 62.2 Å². The Hall–Kier alpha value is -1.88. The summed E-state index contributed by atoms with van der Waals surface area (Å²) in [6.45, 7) is 1.85. The van der Waals surface area contributed by atoms with E-state index in [1.165, 1.54) is 11.3 Å². The van der Waals surface area contributed by atoms with E-state index in [1.54, 1.807) is 0 Å². The fraction of sp³-hybridized carbons (Fsp3) is 0.167. The quantitative estimate of drug-likeness (QED) is 0.873. The number of thiazole rings is 1. The predicted octanol–water partition coefficient (Wildman–Crippen LogP) is 2.69. The highest BCUT2D eigenvalue weighted by Gasteiger charge is 2.22. The normalized spacial score (nSPS) is 12.1. The molecule has 2 aromatic rings. The molecule has 0 fully saturated rings. The minimum atomic E-state index is -0.928. The Labute approximate surface area is 103 Å². The number of carboxylic acid groups (broad SMARTS) is 1. The molecule has 0 amide bonds. The van der Waals surface area contributed by atoms with Crippen LogP contribution in [0.4, 0.5) is 5.69 Å². The number of rotatable bonds is 4. The fourth-order valence-corrected chi connectivity index (χ4v) is 2.27. The number of anilines is 1. The van der Waals surface area contributed by atoms with Crippen molar-refractivity contribution < 1.29 is 9.90 Å². The highest BCUT2D eigenvalue weighted by molar-refractivity contribution is 7.09. The molecule has 1 aromatic carbocycles. The summed E-state index contributed by atoms with van der Waals surface area (Å²) < 4.78 is 0. The zero-order valence-electron chi connectivity index (χ0n) is 9.25. The van der Waals surface area contributed by atoms with Crippen molar-refractivity contribution in [1.82, 2.24) is 4.98 Å². The lowest BCUT2D eigenvalue weighted by Gasteiger charge is -2.13. The molecule has 0 saturated heterocycles. The van der Waals surface area contributed by atoms with Gasteiger partial charge in [-0.05, 0) is 19.1 Å². The molecular weight excluding hydrogens is 236 g/mol. The lowest BCUT2D eigenvalue weighted by Crippen LogP contribution is -2.20. The molecule has 1 heterocycles. The summed E-state index contributed by atoms with van der Waals surface area (Å²) in [4.78, 5) is 15.4. The van der Waals surface area contributed by atoms with Crippen molar-refractivity contribution in [3.63, 3.8) is 0 Å². The standard InChI is InChI=1S/C12H12N2O2S/c1-8-7-17-11(13-8)10(12(15)16)14-9-5-3-2-4-6-9/h2-7,10,14H,1H3,(H,15,16). The zero-order chi connectivity index (χ0) is 12.3. The van der Waals surface area contributed by atoms with Crippen LogP contribution in [0, 0.1) is 6.92 Å². The van der Waals surface area contributed by atoms with E-state index < -0.39 is 12.0 Å². The number of aryl methyl sites for hydroxylation is 1. The molecular formula is C12H12N2O2S. The van der Waals surface area contributed by atoms with E-state index in [-0.39, 0.29) is 0 Å². The van der Waals surface area contributed by atoms with Gasteiger partial charge in [0.25, 0.3) is 0 Å². The van der Waals surface area contributed by atoms with Gasteiger partial charge < -0.3 is 10.4 Å². The monoisotopic (exact) mass is 248 g/mol. The Balaban J connectivity index is 2.22. The maximum absolute atomic E-state index is 11.2. The van der Waals surface area contributed by atoms with Crippen molar-refractivity contribution >= 4 is 23.0 Å². The van der Waals surface area contributed by atoms with E-state index in [0.29, 0.717) is 5.01 Å². The fourth-order valence-electron chi connectivity index (χ4n) is 1.43. The number of aliphatic carboxylic acids is 1. The van der Waals surface area contributed by atoms with Gasteiger partial charge in [-0.25, -0.2) is 9.78 Å². The average molecular weight is 248 g/mol. The molecule has 0 aliphatic carbocycles. The van der Waals surface area contributed by atoms with E-state index in [0.717, 1.165) is 11.4 Å². The predicted molar refractivity (Wildman–Crippen MR) is 67.3 cm³/mol. The third kappa shape index (κ3) is 2.82. The SMILES string of the molecule is Cc1csc(C(Nc2ccccc2)C(=O)O)n1. The van der Waals surface area contributed by atoms with Gasteiger partial charge in [0.15, 0.2) is 6.04 Å². The summed E-state index contributed by atoms with van der Waals surface area (Å²) >= 11 is 1.35. The van der Waals surface area contributed by atoms with Crippen molar-refractivity contribution in [3.05, 3.63) is 46.4 Å². The lowest BCUT2D eigenvalue weighted by atomic mass is 10.2. The first-order valence-corrected chi connectivity index (χ1v) is 6.01. The van der Waals surface area contributed by atoms with Crippen LogP contribution in [0.15, 0.2) is 35.7 Å². The molecule has 5 heteroatoms. The number of carbonyl (C=O) groups is 1. The van der Waals surface area contributed by atoms with Crippen molar-refractivity contribution in [1.29, 1.82) is 0 Å². The highest BCUT2D eigenvalue weighted by atomic mass is 32.1. The van der Waals surface area contributed by atoms with E-state index in [9.17, 15) is 9.90 Å². The van der Waals surface area contributed by atoms with Gasteiger partial charge in [-0.15, -0.1) is 11.3 Å². The third-order valence-corrected chi connectivity index (χ3v) is 3.24. The number of hydrogen-bond acceptors (Lipinski definition) is 4. The van der Waals surface area contributed by atoms with Gasteiger partial charge in [0.2, 0.25) is 0 Å². The van der Waals surface area contributed by atoms with Gasteiger partial charge in [-0.3, -0.25) is 0 Å². The third-order valence-electron chi connectivity index (χ3n) is 2.22. The van der Waals surface area contributed by atoms with E-state index >= 15 is 0 Å². The van der Waals surface area contributed by atoms with Crippen molar-refractivity contribution in [2.45, 2.75) is 13.0 Å². The molecule has 0 bridgehead atoms. The van der Waals surface area contributed by atoms with Gasteiger partial charge >= 0.3 is 5.97 Å². The minimum absolute atomic E-state index is 0.568. The summed E-state index contributed by atoms with van der Waals surface area (Å²) in [5, 5.41) is 14.6. The van der Waals surface area contributed by atoms with Gasteiger partial charge in [0.05, 0.1) is 0 Å². The van der Waals surface area contributed by atoms with E-state index in [4.69, 9.17) is 0 Å².